The van der Waals surface area contributed by atoms with Gasteiger partial charge in [0.25, 0.3) is 0 Å². The lowest BCUT2D eigenvalue weighted by Gasteiger charge is -2.20. The molecule has 0 spiro atoms. The summed E-state index contributed by atoms with van der Waals surface area (Å²) in [6.45, 7) is 2.39. The van der Waals surface area contributed by atoms with Gasteiger partial charge in [-0.25, -0.2) is 12.8 Å². The lowest BCUT2D eigenvalue weighted by Crippen LogP contribution is -2.44. The van der Waals surface area contributed by atoms with Crippen LogP contribution in [0.25, 0.3) is 0 Å². The van der Waals surface area contributed by atoms with Gasteiger partial charge < -0.3 is 10.6 Å². The van der Waals surface area contributed by atoms with E-state index in [1.165, 1.54) is 23.5 Å². The fourth-order valence-corrected chi connectivity index (χ4v) is 3.06. The molecule has 0 saturated carbocycles. The van der Waals surface area contributed by atoms with Crippen LogP contribution in [0.2, 0.25) is 0 Å². The topological polar surface area (TPSA) is 73.8 Å². The highest BCUT2D eigenvalue weighted by molar-refractivity contribution is 7.89. The summed E-state index contributed by atoms with van der Waals surface area (Å²) in [6, 6.07) is 4.81. The van der Waals surface area contributed by atoms with Crippen molar-refractivity contribution in [1.29, 1.82) is 0 Å². The van der Waals surface area contributed by atoms with E-state index >= 15 is 0 Å². The van der Waals surface area contributed by atoms with Crippen molar-refractivity contribution in [2.75, 3.05) is 33.2 Å². The minimum absolute atomic E-state index is 0.0829. The van der Waals surface area contributed by atoms with E-state index in [-0.39, 0.29) is 4.90 Å². The minimum atomic E-state index is -3.59. The van der Waals surface area contributed by atoms with Crippen molar-refractivity contribution in [3.8, 4) is 0 Å². The van der Waals surface area contributed by atoms with Crippen LogP contribution < -0.4 is 10.6 Å². The van der Waals surface area contributed by atoms with E-state index in [1.54, 1.807) is 0 Å². The standard InChI is InChI=1S/C13H19FN4O2S/c1-18(10-9-17-13-15-7-2-8-16-13)21(19,20)12-5-3-11(14)4-6-12/h3-6H,2,7-10H2,1H3,(H2,15,16,17). The Kier molecular flexibility index (Phi) is 5.13. The molecule has 1 heterocycles. The Hall–Kier alpha value is -1.67. The Balaban J connectivity index is 1.91. The smallest absolute Gasteiger partial charge is 0.242 e. The molecule has 0 unspecified atom stereocenters. The summed E-state index contributed by atoms with van der Waals surface area (Å²) < 4.78 is 38.6. The number of nitrogens with zero attached hydrogens (tertiary/aromatic N) is 2. The molecule has 0 bridgehead atoms. The van der Waals surface area contributed by atoms with Crippen LogP contribution in [-0.2, 0) is 10.0 Å². The van der Waals surface area contributed by atoms with E-state index < -0.39 is 15.8 Å². The van der Waals surface area contributed by atoms with Crippen LogP contribution in [0, 0.1) is 5.82 Å². The molecule has 0 aliphatic carbocycles. The van der Waals surface area contributed by atoms with E-state index in [2.05, 4.69) is 15.6 Å². The SMILES string of the molecule is CN(CCNC1=NCCCN1)S(=O)(=O)c1ccc(F)cc1. The van der Waals surface area contributed by atoms with Crippen molar-refractivity contribution in [2.45, 2.75) is 11.3 Å². The Morgan fingerprint density at radius 2 is 2.10 bits per heavy atom. The molecule has 1 aliphatic heterocycles. The Bertz CT molecular complexity index is 601. The maximum absolute atomic E-state index is 12.8. The van der Waals surface area contributed by atoms with Crippen molar-refractivity contribution in [1.82, 2.24) is 14.9 Å². The number of nitrogens with one attached hydrogen (secondary N) is 2. The third kappa shape index (κ3) is 4.15. The number of sulfonamides is 1. The third-order valence-corrected chi connectivity index (χ3v) is 5.01. The van der Waals surface area contributed by atoms with E-state index in [1.807, 2.05) is 0 Å². The molecular weight excluding hydrogens is 295 g/mol. The summed E-state index contributed by atoms with van der Waals surface area (Å²) >= 11 is 0. The predicted molar refractivity (Wildman–Crippen MR) is 79.1 cm³/mol. The number of hydrogen-bond donors (Lipinski definition) is 2. The highest BCUT2D eigenvalue weighted by Crippen LogP contribution is 2.14. The van der Waals surface area contributed by atoms with Crippen LogP contribution in [0.3, 0.4) is 0 Å². The van der Waals surface area contributed by atoms with Crippen LogP contribution in [0.4, 0.5) is 4.39 Å². The molecule has 8 heteroatoms. The maximum atomic E-state index is 12.8. The fraction of sp³-hybridized carbons (Fsp3) is 0.462. The molecule has 21 heavy (non-hydrogen) atoms. The number of rotatable bonds is 5. The molecule has 0 radical (unpaired) electrons. The summed E-state index contributed by atoms with van der Waals surface area (Å²) in [4.78, 5) is 4.32. The summed E-state index contributed by atoms with van der Waals surface area (Å²) in [6.07, 6.45) is 1.00. The van der Waals surface area contributed by atoms with Gasteiger partial charge in [0.15, 0.2) is 5.96 Å². The number of halogens is 1. The molecular formula is C13H19FN4O2S. The van der Waals surface area contributed by atoms with E-state index in [4.69, 9.17) is 0 Å². The van der Waals surface area contributed by atoms with Crippen molar-refractivity contribution >= 4 is 16.0 Å². The molecule has 0 saturated heterocycles. The summed E-state index contributed by atoms with van der Waals surface area (Å²) in [5.41, 5.74) is 0. The van der Waals surface area contributed by atoms with Crippen molar-refractivity contribution < 1.29 is 12.8 Å². The highest BCUT2D eigenvalue weighted by atomic mass is 32.2. The second kappa shape index (κ2) is 6.86. The molecule has 0 amide bonds. The van der Waals surface area contributed by atoms with Gasteiger partial charge >= 0.3 is 0 Å². The van der Waals surface area contributed by atoms with Crippen LogP contribution >= 0.6 is 0 Å². The fourth-order valence-electron chi connectivity index (χ4n) is 1.89. The van der Waals surface area contributed by atoms with E-state index in [0.717, 1.165) is 31.6 Å². The molecule has 2 N–H and O–H groups in total. The second-order valence-electron chi connectivity index (χ2n) is 4.72. The first-order valence-electron chi connectivity index (χ1n) is 6.74. The maximum Gasteiger partial charge on any atom is 0.242 e. The summed E-state index contributed by atoms with van der Waals surface area (Å²) in [5.74, 6) is 0.244. The largest absolute Gasteiger partial charge is 0.356 e. The quantitative estimate of drug-likeness (QED) is 0.824. The zero-order chi connectivity index (χ0) is 15.3. The van der Waals surface area contributed by atoms with Gasteiger partial charge in [0.2, 0.25) is 10.0 Å². The first kappa shape index (κ1) is 15.7. The summed E-state index contributed by atoms with van der Waals surface area (Å²) in [7, 11) is -2.10. The summed E-state index contributed by atoms with van der Waals surface area (Å²) in [5, 5.41) is 6.16. The molecule has 0 aromatic heterocycles. The molecule has 6 nitrogen and oxygen atoms in total. The van der Waals surface area contributed by atoms with Gasteiger partial charge in [0.1, 0.15) is 5.82 Å². The molecule has 2 rings (SSSR count). The number of likely N-dealkylation sites (N-methyl/N-ethyl adjacent to an activating group) is 1. The predicted octanol–water partition coefficient (Wildman–Crippen LogP) is 0.385. The van der Waals surface area contributed by atoms with E-state index in [0.29, 0.717) is 19.0 Å². The van der Waals surface area contributed by atoms with E-state index in [9.17, 15) is 12.8 Å². The molecule has 116 valence electrons. The molecule has 1 aromatic carbocycles. The zero-order valence-corrected chi connectivity index (χ0v) is 12.7. The lowest BCUT2D eigenvalue weighted by atomic mass is 10.4. The van der Waals surface area contributed by atoms with Crippen LogP contribution in [0.1, 0.15) is 6.42 Å². The molecule has 1 aromatic rings. The molecule has 0 fully saturated rings. The van der Waals surface area contributed by atoms with Gasteiger partial charge in [-0.2, -0.15) is 4.31 Å². The molecule has 1 aliphatic rings. The van der Waals surface area contributed by atoms with Crippen LogP contribution in [-0.4, -0.2) is 51.9 Å². The van der Waals surface area contributed by atoms with Crippen LogP contribution in [0.15, 0.2) is 34.2 Å². The average molecular weight is 314 g/mol. The molecule has 0 atom stereocenters. The van der Waals surface area contributed by atoms with Gasteiger partial charge in [0.05, 0.1) is 4.90 Å². The van der Waals surface area contributed by atoms with Gasteiger partial charge in [-0.05, 0) is 30.7 Å². The number of hydrogen-bond acceptors (Lipinski definition) is 5. The van der Waals surface area contributed by atoms with Crippen molar-refractivity contribution in [2.24, 2.45) is 4.99 Å². The van der Waals surface area contributed by atoms with Gasteiger partial charge in [-0.3, -0.25) is 4.99 Å². The zero-order valence-electron chi connectivity index (χ0n) is 11.8. The van der Waals surface area contributed by atoms with Crippen LogP contribution in [0.5, 0.6) is 0 Å². The first-order chi connectivity index (χ1) is 10.00. The Morgan fingerprint density at radius 1 is 1.38 bits per heavy atom. The number of benzene rings is 1. The normalized spacial score (nSPS) is 15.5. The van der Waals surface area contributed by atoms with Crippen molar-refractivity contribution in [3.05, 3.63) is 30.1 Å². The monoisotopic (exact) mass is 314 g/mol. The van der Waals surface area contributed by atoms with Gasteiger partial charge in [-0.1, -0.05) is 0 Å². The number of aliphatic imine (C=N–C) groups is 1. The van der Waals surface area contributed by atoms with Gasteiger partial charge in [-0.15, -0.1) is 0 Å². The first-order valence-corrected chi connectivity index (χ1v) is 8.18. The average Bonchev–Trinajstić information content (AvgIpc) is 2.48. The lowest BCUT2D eigenvalue weighted by molar-refractivity contribution is 0.469. The third-order valence-electron chi connectivity index (χ3n) is 3.14. The Labute approximate surface area is 124 Å². The highest BCUT2D eigenvalue weighted by Gasteiger charge is 2.20. The second-order valence-corrected chi connectivity index (χ2v) is 6.76. The van der Waals surface area contributed by atoms with Crippen molar-refractivity contribution in [3.63, 3.8) is 0 Å². The minimum Gasteiger partial charge on any atom is -0.356 e. The van der Waals surface area contributed by atoms with Gasteiger partial charge in [0, 0.05) is 33.2 Å². The Morgan fingerprint density at radius 3 is 2.71 bits per heavy atom. The number of guanidine groups is 1.